The first kappa shape index (κ1) is 35.9. The number of rotatable bonds is 5. The lowest BCUT2D eigenvalue weighted by atomic mass is 10.0. The van der Waals surface area contributed by atoms with Gasteiger partial charge >= 0.3 is 0 Å². The Morgan fingerprint density at radius 1 is 0.880 bits per heavy atom. The summed E-state index contributed by atoms with van der Waals surface area (Å²) in [4.78, 5) is 73.2. The highest BCUT2D eigenvalue weighted by atomic mass is 16.2. The molecule has 0 radical (unpaired) electrons. The summed E-state index contributed by atoms with van der Waals surface area (Å²) >= 11 is 0. The smallest absolute Gasteiger partial charge is 0.275 e. The summed E-state index contributed by atoms with van der Waals surface area (Å²) in [5.41, 5.74) is 1.14. The van der Waals surface area contributed by atoms with Gasteiger partial charge in [-0.2, -0.15) is 10.2 Å². The van der Waals surface area contributed by atoms with E-state index in [1.54, 1.807) is 30.9 Å². The molecule has 3 heterocycles. The Balaban J connectivity index is 1.38. The van der Waals surface area contributed by atoms with Gasteiger partial charge in [-0.25, -0.2) is 14.3 Å². The highest BCUT2D eigenvalue weighted by Crippen LogP contribution is 2.21. The molecule has 2 aromatic heterocycles. The predicted octanol–water partition coefficient (Wildman–Crippen LogP) is 1.97. The second kappa shape index (κ2) is 16.3. The van der Waals surface area contributed by atoms with Crippen molar-refractivity contribution in [3.05, 3.63) is 87.9 Å². The molecule has 0 saturated heterocycles. The molecule has 0 fully saturated rings. The number of carbonyl (C=O) groups excluding carboxylic acids is 4. The Morgan fingerprint density at radius 3 is 2.32 bits per heavy atom. The first-order chi connectivity index (χ1) is 24.0. The molecule has 2 aromatic carbocycles. The van der Waals surface area contributed by atoms with Crippen LogP contribution in [0.3, 0.4) is 0 Å². The van der Waals surface area contributed by atoms with E-state index in [-0.39, 0.29) is 80.7 Å². The highest BCUT2D eigenvalue weighted by molar-refractivity contribution is 5.88. The van der Waals surface area contributed by atoms with E-state index in [0.717, 1.165) is 10.9 Å². The summed E-state index contributed by atoms with van der Waals surface area (Å²) < 4.78 is 2.67. The molecule has 0 aliphatic carbocycles. The molecule has 0 unspecified atom stereocenters. The maximum absolute atomic E-state index is 13.9. The molecule has 1 aliphatic rings. The summed E-state index contributed by atoms with van der Waals surface area (Å²) in [6.07, 6.45) is 1.08. The van der Waals surface area contributed by atoms with Crippen molar-refractivity contribution < 1.29 is 19.2 Å². The van der Waals surface area contributed by atoms with E-state index in [0.29, 0.717) is 35.6 Å². The van der Waals surface area contributed by atoms with Crippen molar-refractivity contribution >= 4 is 34.4 Å². The quantitative estimate of drug-likeness (QED) is 0.287. The molecule has 0 spiro atoms. The van der Waals surface area contributed by atoms with Crippen LogP contribution < -0.4 is 21.5 Å². The van der Waals surface area contributed by atoms with Gasteiger partial charge in [0.05, 0.1) is 17.1 Å². The third kappa shape index (κ3) is 8.98. The number of aromatic nitrogens is 5. The third-order valence-electron chi connectivity index (χ3n) is 8.73. The summed E-state index contributed by atoms with van der Waals surface area (Å²) in [6.45, 7) is 7.81. The van der Waals surface area contributed by atoms with Crippen LogP contribution in [-0.4, -0.2) is 78.7 Å². The van der Waals surface area contributed by atoms with Gasteiger partial charge in [0, 0.05) is 37.9 Å². The number of carbonyl (C=O) groups is 4. The van der Waals surface area contributed by atoms with E-state index < -0.39 is 12.1 Å². The van der Waals surface area contributed by atoms with Crippen molar-refractivity contribution in [1.82, 2.24) is 45.4 Å². The molecule has 5 rings (SSSR count). The number of hydrogen-bond donors (Lipinski definition) is 3. The summed E-state index contributed by atoms with van der Waals surface area (Å²) in [7, 11) is 0. The van der Waals surface area contributed by atoms with Crippen LogP contribution in [-0.2, 0) is 38.7 Å². The van der Waals surface area contributed by atoms with Gasteiger partial charge < -0.3 is 20.9 Å². The first-order valence-corrected chi connectivity index (χ1v) is 17.1. The van der Waals surface area contributed by atoms with E-state index in [2.05, 4.69) is 31.1 Å². The molecule has 1 aliphatic heterocycles. The number of nitrogens with zero attached hydrogens (tertiary/aromatic N) is 6. The van der Waals surface area contributed by atoms with E-state index in [4.69, 9.17) is 0 Å². The molecular weight excluding hydrogens is 638 g/mol. The van der Waals surface area contributed by atoms with Crippen LogP contribution in [0.4, 0.5) is 0 Å². The van der Waals surface area contributed by atoms with Crippen molar-refractivity contribution in [3.8, 4) is 0 Å². The van der Waals surface area contributed by atoms with Gasteiger partial charge in [0.25, 0.3) is 5.56 Å². The fourth-order valence-corrected chi connectivity index (χ4v) is 6.15. The Bertz CT molecular complexity index is 1900. The normalized spacial score (nSPS) is 18.5. The van der Waals surface area contributed by atoms with E-state index in [1.165, 1.54) is 9.36 Å². The topological polar surface area (TPSA) is 173 Å². The fourth-order valence-electron chi connectivity index (χ4n) is 6.15. The van der Waals surface area contributed by atoms with Gasteiger partial charge in [-0.1, -0.05) is 62.4 Å². The fraction of sp³-hybridized carbons (Fsp3) is 0.444. The third-order valence-corrected chi connectivity index (χ3v) is 8.73. The van der Waals surface area contributed by atoms with Crippen LogP contribution in [0.1, 0.15) is 62.1 Å². The number of benzene rings is 2. The zero-order valence-electron chi connectivity index (χ0n) is 29.0. The minimum Gasteiger partial charge on any atom is -0.354 e. The Labute approximate surface area is 290 Å². The molecule has 0 saturated carbocycles. The van der Waals surface area contributed by atoms with Gasteiger partial charge in [-0.3, -0.25) is 24.0 Å². The molecule has 4 amide bonds. The second-order valence-electron chi connectivity index (χ2n) is 13.0. The number of nitrogens with one attached hydrogen (secondary N) is 3. The Hall–Kier alpha value is -5.40. The molecule has 0 bridgehead atoms. The van der Waals surface area contributed by atoms with E-state index >= 15 is 0 Å². The summed E-state index contributed by atoms with van der Waals surface area (Å²) in [5.74, 6) is -0.548. The average Bonchev–Trinajstić information content (AvgIpc) is 3.45. The van der Waals surface area contributed by atoms with Crippen LogP contribution in [0.15, 0.2) is 59.4 Å². The molecule has 14 heteroatoms. The summed E-state index contributed by atoms with van der Waals surface area (Å²) in [6, 6.07) is 15.1. The maximum Gasteiger partial charge on any atom is 0.275 e. The Kier molecular flexibility index (Phi) is 11.7. The van der Waals surface area contributed by atoms with Crippen LogP contribution >= 0.6 is 0 Å². The van der Waals surface area contributed by atoms with Crippen LogP contribution in [0.5, 0.6) is 0 Å². The minimum absolute atomic E-state index is 0.0630. The van der Waals surface area contributed by atoms with Gasteiger partial charge in [0.15, 0.2) is 5.82 Å². The molecular formula is C36H45N9O5. The van der Waals surface area contributed by atoms with Crippen LogP contribution in [0.2, 0.25) is 0 Å². The van der Waals surface area contributed by atoms with Gasteiger partial charge in [0.1, 0.15) is 25.0 Å². The lowest BCUT2D eigenvalue weighted by molar-refractivity contribution is -0.133. The van der Waals surface area contributed by atoms with Crippen molar-refractivity contribution in [2.45, 2.75) is 78.6 Å². The monoisotopic (exact) mass is 683 g/mol. The van der Waals surface area contributed by atoms with Crippen molar-refractivity contribution in [1.29, 1.82) is 0 Å². The molecule has 4 aromatic rings. The SMILES string of the molecule is Cc1nc2n(n1)CC(=O)NCCCN(C(=O)Cn1nc(C)c3ccccc3c1=O)CCCC(=O)N[C@H](Cc1ccccc1)C(=O)N[C@H]2C(C)C. The van der Waals surface area contributed by atoms with E-state index in [1.807, 2.05) is 56.3 Å². The van der Waals surface area contributed by atoms with Crippen LogP contribution in [0, 0.1) is 19.8 Å². The zero-order valence-corrected chi connectivity index (χ0v) is 29.0. The van der Waals surface area contributed by atoms with Crippen molar-refractivity contribution in [2.24, 2.45) is 5.92 Å². The van der Waals surface area contributed by atoms with Crippen LogP contribution in [0.25, 0.3) is 10.8 Å². The molecule has 14 nitrogen and oxygen atoms in total. The number of fused-ring (bicyclic) bond motifs is 2. The number of aryl methyl sites for hydroxylation is 2. The molecule has 264 valence electrons. The maximum atomic E-state index is 13.9. The Morgan fingerprint density at radius 2 is 1.58 bits per heavy atom. The summed E-state index contributed by atoms with van der Waals surface area (Å²) in [5, 5.41) is 18.9. The lowest BCUT2D eigenvalue weighted by Gasteiger charge is -2.26. The number of amides is 4. The number of hydrogen-bond acceptors (Lipinski definition) is 8. The molecule has 3 N–H and O–H groups in total. The van der Waals surface area contributed by atoms with Gasteiger partial charge in [-0.05, 0) is 44.2 Å². The standard InChI is InChI=1S/C36H45N9O5/c1-23(2)33-34-38-25(4)42-44(34)21-31(47)37-17-11-19-43(32(48)22-45-36(50)28-15-9-8-14-27(28)24(3)41-45)18-10-16-30(46)39-29(35(49)40-33)20-26-12-6-5-7-13-26/h5-9,12-15,23,29,33H,10-11,16-22H2,1-4H3,(H,37,47)(H,39,46)(H,40,49)/t29-,33+/m1/s1. The average molecular weight is 684 g/mol. The predicted molar refractivity (Wildman–Crippen MR) is 187 cm³/mol. The van der Waals surface area contributed by atoms with E-state index in [9.17, 15) is 24.0 Å². The molecule has 50 heavy (non-hydrogen) atoms. The highest BCUT2D eigenvalue weighted by Gasteiger charge is 2.30. The second-order valence-corrected chi connectivity index (χ2v) is 13.0. The van der Waals surface area contributed by atoms with Crippen molar-refractivity contribution in [2.75, 3.05) is 19.6 Å². The van der Waals surface area contributed by atoms with Gasteiger partial charge in [0.2, 0.25) is 23.6 Å². The largest absolute Gasteiger partial charge is 0.354 e. The van der Waals surface area contributed by atoms with Gasteiger partial charge in [-0.15, -0.1) is 0 Å². The lowest BCUT2D eigenvalue weighted by Crippen LogP contribution is -2.50. The van der Waals surface area contributed by atoms with Crippen molar-refractivity contribution in [3.63, 3.8) is 0 Å². The first-order valence-electron chi connectivity index (χ1n) is 17.1. The minimum atomic E-state index is -0.891. The molecule has 2 atom stereocenters. The zero-order chi connectivity index (χ0) is 35.8.